The average molecular weight is 390 g/mol. The van der Waals surface area contributed by atoms with Crippen LogP contribution in [0.15, 0.2) is 54.7 Å². The molecular weight excluding hydrogens is 364 g/mol. The Morgan fingerprint density at radius 1 is 1.07 bits per heavy atom. The number of hydrogen-bond donors (Lipinski definition) is 0. The van der Waals surface area contributed by atoms with Crippen LogP contribution < -0.4 is 14.4 Å². The first-order chi connectivity index (χ1) is 14.2. The molecule has 2 aromatic carbocycles. The highest BCUT2D eigenvalue weighted by atomic mass is 16.5. The van der Waals surface area contributed by atoms with Crippen LogP contribution in [0.1, 0.15) is 31.2 Å². The van der Waals surface area contributed by atoms with E-state index in [1.54, 1.807) is 20.4 Å². The monoisotopic (exact) mass is 390 g/mol. The summed E-state index contributed by atoms with van der Waals surface area (Å²) in [6.45, 7) is 0. The van der Waals surface area contributed by atoms with Crippen molar-refractivity contribution in [3.05, 3.63) is 60.3 Å². The third-order valence-corrected chi connectivity index (χ3v) is 5.66. The summed E-state index contributed by atoms with van der Waals surface area (Å²) in [6, 6.07) is 15.8. The fourth-order valence-corrected chi connectivity index (χ4v) is 4.25. The molecule has 1 saturated carbocycles. The number of rotatable bonds is 6. The molecule has 0 saturated heterocycles. The molecular formula is C24H26N2O3. The van der Waals surface area contributed by atoms with Crippen LogP contribution in [0.25, 0.3) is 10.9 Å². The van der Waals surface area contributed by atoms with Crippen molar-refractivity contribution in [1.29, 1.82) is 0 Å². The maximum absolute atomic E-state index is 13.6. The Labute approximate surface area is 171 Å². The second kappa shape index (κ2) is 8.52. The lowest BCUT2D eigenvalue weighted by Crippen LogP contribution is -2.40. The van der Waals surface area contributed by atoms with Crippen LogP contribution in [0, 0.1) is 0 Å². The van der Waals surface area contributed by atoms with Gasteiger partial charge in [0.1, 0.15) is 11.5 Å². The van der Waals surface area contributed by atoms with Crippen LogP contribution in [-0.4, -0.2) is 31.2 Å². The van der Waals surface area contributed by atoms with Gasteiger partial charge >= 0.3 is 0 Å². The maximum Gasteiger partial charge on any atom is 0.231 e. The Bertz CT molecular complexity index is 1010. The predicted molar refractivity (Wildman–Crippen MR) is 115 cm³/mol. The van der Waals surface area contributed by atoms with Crippen molar-refractivity contribution in [2.24, 2.45) is 0 Å². The van der Waals surface area contributed by atoms with Crippen LogP contribution in [-0.2, 0) is 11.2 Å². The molecule has 3 aromatic rings. The second-order valence-electron chi connectivity index (χ2n) is 7.41. The van der Waals surface area contributed by atoms with Gasteiger partial charge in [-0.25, -0.2) is 0 Å². The van der Waals surface area contributed by atoms with Crippen molar-refractivity contribution in [3.63, 3.8) is 0 Å². The largest absolute Gasteiger partial charge is 0.497 e. The first-order valence-electron chi connectivity index (χ1n) is 10.1. The Kier molecular flexibility index (Phi) is 5.65. The van der Waals surface area contributed by atoms with Crippen LogP contribution in [0.4, 0.5) is 5.69 Å². The molecule has 1 aromatic heterocycles. The zero-order valence-corrected chi connectivity index (χ0v) is 16.9. The number of para-hydroxylation sites is 1. The second-order valence-corrected chi connectivity index (χ2v) is 7.41. The highest BCUT2D eigenvalue weighted by Gasteiger charge is 2.30. The molecule has 29 heavy (non-hydrogen) atoms. The number of nitrogens with zero attached hydrogens (tertiary/aromatic N) is 2. The zero-order valence-electron chi connectivity index (χ0n) is 16.9. The highest BCUT2D eigenvalue weighted by molar-refractivity contribution is 6.03. The van der Waals surface area contributed by atoms with E-state index in [1.807, 2.05) is 53.4 Å². The van der Waals surface area contributed by atoms with E-state index in [2.05, 4.69) is 4.98 Å². The molecule has 0 spiro atoms. The van der Waals surface area contributed by atoms with Crippen LogP contribution in [0.5, 0.6) is 11.5 Å². The van der Waals surface area contributed by atoms with Crippen molar-refractivity contribution < 1.29 is 14.3 Å². The smallest absolute Gasteiger partial charge is 0.231 e. The van der Waals surface area contributed by atoms with Crippen molar-refractivity contribution >= 4 is 22.5 Å². The third-order valence-electron chi connectivity index (χ3n) is 5.66. The molecule has 0 bridgehead atoms. The van der Waals surface area contributed by atoms with Crippen LogP contribution in [0.2, 0.25) is 0 Å². The number of fused-ring (bicyclic) bond motifs is 1. The molecule has 0 atom stereocenters. The minimum atomic E-state index is 0.0570. The third kappa shape index (κ3) is 3.90. The lowest BCUT2D eigenvalue weighted by atomic mass is 10.1. The molecule has 0 aliphatic heterocycles. The average Bonchev–Trinajstić information content (AvgIpc) is 3.28. The van der Waals surface area contributed by atoms with Gasteiger partial charge in [-0.1, -0.05) is 31.0 Å². The molecule has 5 nitrogen and oxygen atoms in total. The number of amides is 1. The molecule has 0 radical (unpaired) electrons. The number of benzene rings is 2. The first-order valence-corrected chi connectivity index (χ1v) is 10.1. The van der Waals surface area contributed by atoms with Crippen molar-refractivity contribution in [2.75, 3.05) is 19.1 Å². The van der Waals surface area contributed by atoms with Gasteiger partial charge in [0.25, 0.3) is 0 Å². The Hall–Kier alpha value is -3.08. The Morgan fingerprint density at radius 3 is 2.62 bits per heavy atom. The minimum absolute atomic E-state index is 0.0570. The van der Waals surface area contributed by atoms with E-state index in [0.717, 1.165) is 47.8 Å². The van der Waals surface area contributed by atoms with Gasteiger partial charge in [0.15, 0.2) is 0 Å². The summed E-state index contributed by atoms with van der Waals surface area (Å²) in [6.07, 6.45) is 6.37. The van der Waals surface area contributed by atoms with Gasteiger partial charge in [0.05, 0.1) is 31.8 Å². The summed E-state index contributed by atoms with van der Waals surface area (Å²) in [4.78, 5) is 20.2. The molecule has 5 heteroatoms. The summed E-state index contributed by atoms with van der Waals surface area (Å²) < 4.78 is 10.8. The van der Waals surface area contributed by atoms with Gasteiger partial charge in [0, 0.05) is 23.2 Å². The lowest BCUT2D eigenvalue weighted by Gasteiger charge is -2.30. The number of pyridine rings is 1. The van der Waals surface area contributed by atoms with Crippen molar-refractivity contribution in [1.82, 2.24) is 4.98 Å². The summed E-state index contributed by atoms with van der Waals surface area (Å²) in [7, 11) is 3.25. The fraction of sp³-hybridized carbons (Fsp3) is 0.333. The Morgan fingerprint density at radius 2 is 1.86 bits per heavy atom. The molecule has 4 rings (SSSR count). The van der Waals surface area contributed by atoms with E-state index >= 15 is 0 Å². The van der Waals surface area contributed by atoms with Crippen LogP contribution >= 0.6 is 0 Å². The minimum Gasteiger partial charge on any atom is -0.497 e. The molecule has 1 aliphatic carbocycles. The number of carbonyl (C=O) groups excluding carboxylic acids is 1. The van der Waals surface area contributed by atoms with Crippen molar-refractivity contribution in [2.45, 2.75) is 38.1 Å². The molecule has 1 aliphatic rings. The lowest BCUT2D eigenvalue weighted by molar-refractivity contribution is -0.118. The van der Waals surface area contributed by atoms with Gasteiger partial charge < -0.3 is 14.4 Å². The summed E-state index contributed by atoms with van der Waals surface area (Å²) in [5, 5.41) is 1.04. The summed E-state index contributed by atoms with van der Waals surface area (Å²) >= 11 is 0. The molecule has 0 N–H and O–H groups in total. The number of hydrogen-bond acceptors (Lipinski definition) is 4. The number of anilines is 1. The molecule has 1 fully saturated rings. The molecule has 1 heterocycles. The molecule has 1 amide bonds. The molecule has 150 valence electrons. The topological polar surface area (TPSA) is 51.7 Å². The zero-order chi connectivity index (χ0) is 20.2. The van der Waals surface area contributed by atoms with Gasteiger partial charge in [-0.15, -0.1) is 0 Å². The van der Waals surface area contributed by atoms with Crippen molar-refractivity contribution in [3.8, 4) is 11.5 Å². The van der Waals surface area contributed by atoms with E-state index in [9.17, 15) is 4.79 Å². The Balaban J connectivity index is 1.74. The van der Waals surface area contributed by atoms with E-state index in [-0.39, 0.29) is 18.4 Å². The summed E-state index contributed by atoms with van der Waals surface area (Å²) in [5.41, 5.74) is 2.59. The van der Waals surface area contributed by atoms with Gasteiger partial charge in [-0.2, -0.15) is 0 Å². The quantitative estimate of drug-likeness (QED) is 0.608. The van der Waals surface area contributed by atoms with E-state index in [0.29, 0.717) is 11.5 Å². The van der Waals surface area contributed by atoms with Gasteiger partial charge in [-0.3, -0.25) is 9.78 Å². The SMILES string of the molecule is COc1ccc(OC)c(CC(=O)N(c2cccc3cccnc23)C2CCCC2)c1. The maximum atomic E-state index is 13.6. The van der Waals surface area contributed by atoms with E-state index < -0.39 is 0 Å². The first kappa shape index (κ1) is 19.2. The number of aromatic nitrogens is 1. The van der Waals surface area contributed by atoms with Crippen LogP contribution in [0.3, 0.4) is 0 Å². The number of methoxy groups -OCH3 is 2. The summed E-state index contributed by atoms with van der Waals surface area (Å²) in [5.74, 6) is 1.47. The fourth-order valence-electron chi connectivity index (χ4n) is 4.25. The number of carbonyl (C=O) groups is 1. The van der Waals surface area contributed by atoms with E-state index in [4.69, 9.17) is 9.47 Å². The van der Waals surface area contributed by atoms with Gasteiger partial charge in [-0.05, 0) is 43.2 Å². The van der Waals surface area contributed by atoms with E-state index in [1.165, 1.54) is 0 Å². The standard InChI is InChI=1S/C24H26N2O3/c1-28-20-12-13-22(29-2)18(15-20)16-23(27)26(19-9-3-4-10-19)21-11-5-7-17-8-6-14-25-24(17)21/h5-8,11-15,19H,3-4,9-10,16H2,1-2H3. The van der Waals surface area contributed by atoms with Gasteiger partial charge in [0.2, 0.25) is 5.91 Å². The number of ether oxygens (including phenoxy) is 2. The normalized spacial score (nSPS) is 14.1. The predicted octanol–water partition coefficient (Wildman–Crippen LogP) is 4.77. The highest BCUT2D eigenvalue weighted by Crippen LogP contribution is 2.34. The molecule has 0 unspecified atom stereocenters.